The molecule has 2 unspecified atom stereocenters. The Hall–Kier alpha value is -3.58. The number of nitrogen functional groups attached to an aromatic ring is 1. The Labute approximate surface area is 262 Å². The number of aromatic nitrogens is 9. The molecule has 2 bridgehead atoms. The first-order chi connectivity index (χ1) is 22.0. The lowest BCUT2D eigenvalue weighted by Gasteiger charge is -2.45. The Morgan fingerprint density at radius 3 is 2.72 bits per heavy atom. The van der Waals surface area contributed by atoms with Crippen LogP contribution in [0, 0.1) is 11.8 Å². The molecule has 0 radical (unpaired) electrons. The third kappa shape index (κ3) is 4.97. The minimum atomic E-state index is -4.68. The van der Waals surface area contributed by atoms with Gasteiger partial charge in [0.05, 0.1) is 32.0 Å². The second kappa shape index (κ2) is 10.7. The zero-order chi connectivity index (χ0) is 32.0. The highest BCUT2D eigenvalue weighted by Gasteiger charge is 2.49. The minimum absolute atomic E-state index is 0.0361. The van der Waals surface area contributed by atoms with Gasteiger partial charge in [0.2, 0.25) is 5.78 Å². The fourth-order valence-electron chi connectivity index (χ4n) is 6.35. The molecule has 5 N–H and O–H groups in total. The van der Waals surface area contributed by atoms with E-state index in [2.05, 4.69) is 36.5 Å². The van der Waals surface area contributed by atoms with E-state index in [1.54, 1.807) is 10.9 Å². The number of rotatable bonds is 2. The summed E-state index contributed by atoms with van der Waals surface area (Å²) in [4.78, 5) is 58.9. The van der Waals surface area contributed by atoms with Gasteiger partial charge in [0.25, 0.3) is 5.56 Å². The number of nitrogens with two attached hydrogens (primary N) is 1. The van der Waals surface area contributed by atoms with Crippen LogP contribution in [0.25, 0.3) is 28.1 Å². The number of aromatic amines is 1. The largest absolute Gasteiger partial charge is 0.527 e. The summed E-state index contributed by atoms with van der Waals surface area (Å²) in [6.45, 7) is -0.428. The Bertz CT molecular complexity index is 2180. The van der Waals surface area contributed by atoms with Crippen LogP contribution in [-0.4, -0.2) is 78.6 Å². The third-order valence-corrected chi connectivity index (χ3v) is 11.0. The molecule has 2 aliphatic heterocycles. The number of hydrogen-bond acceptors (Lipinski definition) is 14. The molecular formula is C24H26N10O9P2S. The summed E-state index contributed by atoms with van der Waals surface area (Å²) in [6.07, 6.45) is 5.01. The van der Waals surface area contributed by atoms with E-state index in [-0.39, 0.29) is 60.1 Å². The molecule has 2 saturated heterocycles. The maximum Gasteiger partial charge on any atom is 0.527 e. The summed E-state index contributed by atoms with van der Waals surface area (Å²) in [5.74, 6) is -0.514. The van der Waals surface area contributed by atoms with E-state index in [1.165, 1.54) is 34.0 Å². The van der Waals surface area contributed by atoms with Crippen LogP contribution >= 0.6 is 14.5 Å². The van der Waals surface area contributed by atoms with Gasteiger partial charge in [-0.3, -0.25) is 18.8 Å². The SMILES string of the molecule is C=C1OP(=O)(O)OC[C@@H]2C[C@@H](OP(O)(=S)OC[C@H]3C[C@@H](n4cnc5c(N)ncnc54)[C@H]13)[C@H](n1cnc3c(=O)n4ccnc4[nH]c31)O2. The maximum absolute atomic E-state index is 13.1. The van der Waals surface area contributed by atoms with Gasteiger partial charge in [-0.2, -0.15) is 0 Å². The van der Waals surface area contributed by atoms with E-state index in [0.717, 1.165) is 0 Å². The smallest absolute Gasteiger partial charge is 0.409 e. The Morgan fingerprint density at radius 2 is 1.87 bits per heavy atom. The van der Waals surface area contributed by atoms with Crippen LogP contribution in [0.4, 0.5) is 5.82 Å². The lowest BCUT2D eigenvalue weighted by molar-refractivity contribution is -0.0460. The molecule has 0 spiro atoms. The van der Waals surface area contributed by atoms with Crippen molar-refractivity contribution in [2.75, 3.05) is 18.9 Å². The average Bonchev–Trinajstić information content (AvgIpc) is 3.77. The van der Waals surface area contributed by atoms with Crippen molar-refractivity contribution in [3.05, 3.63) is 54.1 Å². The molecule has 7 heterocycles. The number of nitrogens with zero attached hydrogens (tertiary/aromatic N) is 8. The highest BCUT2D eigenvalue weighted by Crippen LogP contribution is 2.57. The fourth-order valence-corrected chi connectivity index (χ4v) is 8.66. The predicted octanol–water partition coefficient (Wildman–Crippen LogP) is 1.54. The van der Waals surface area contributed by atoms with Gasteiger partial charge in [-0.1, -0.05) is 6.58 Å². The van der Waals surface area contributed by atoms with Gasteiger partial charge in [-0.05, 0) is 24.1 Å². The molecule has 1 saturated carbocycles. The normalized spacial score (nSPS) is 33.9. The van der Waals surface area contributed by atoms with Gasteiger partial charge in [0.15, 0.2) is 23.2 Å². The lowest BCUT2D eigenvalue weighted by Crippen LogP contribution is -2.42. The van der Waals surface area contributed by atoms with Crippen molar-refractivity contribution >= 4 is 60.3 Å². The van der Waals surface area contributed by atoms with E-state index < -0.39 is 44.5 Å². The standard InChI is InChI=1S/C24H26N10O9P2S/c1-11-16-12(4-14(16)33-9-29-17-19(25)27-8-28-20(17)33)6-40-45(38,46)43-15-5-13(7-39-44(36,37)42-11)41-23(15)34-10-30-18-21(34)31-24-26-2-3-32(24)22(18)35/h2-3,8-10,12-16,23H,1,4-7H2,(H,26,31)(H,36,37)(H,38,46)(H2,25,27,28)/t12-,13+,14-,15-,16-,23-,45?/m1/s1. The molecule has 0 amide bonds. The lowest BCUT2D eigenvalue weighted by atomic mass is 9.68. The number of hydrogen-bond donors (Lipinski definition) is 4. The molecule has 8 rings (SSSR count). The van der Waals surface area contributed by atoms with Crippen molar-refractivity contribution in [2.24, 2.45) is 11.8 Å². The van der Waals surface area contributed by atoms with Gasteiger partial charge in [0.1, 0.15) is 29.4 Å². The van der Waals surface area contributed by atoms with Crippen molar-refractivity contribution in [1.82, 2.24) is 43.4 Å². The van der Waals surface area contributed by atoms with Crippen LogP contribution in [0.2, 0.25) is 0 Å². The van der Waals surface area contributed by atoms with Crippen molar-refractivity contribution in [1.29, 1.82) is 0 Å². The number of allylic oxidation sites excluding steroid dienone is 1. The Morgan fingerprint density at radius 1 is 1.07 bits per heavy atom. The monoisotopic (exact) mass is 692 g/mol. The topological polar surface area (TPSA) is 241 Å². The van der Waals surface area contributed by atoms with E-state index >= 15 is 0 Å². The second-order valence-corrected chi connectivity index (χ2v) is 15.4. The van der Waals surface area contributed by atoms with Crippen LogP contribution < -0.4 is 11.3 Å². The fraction of sp³-hybridized carbons (Fsp3) is 0.417. The number of phosphoric acid groups is 1. The molecule has 8 atom stereocenters. The van der Waals surface area contributed by atoms with Crippen LogP contribution in [0.1, 0.15) is 25.1 Å². The molecule has 242 valence electrons. The van der Waals surface area contributed by atoms with Gasteiger partial charge < -0.3 is 38.5 Å². The molecule has 46 heavy (non-hydrogen) atoms. The van der Waals surface area contributed by atoms with Gasteiger partial charge in [0, 0.05) is 30.8 Å². The summed E-state index contributed by atoms with van der Waals surface area (Å²) in [5, 5.41) is 0. The summed E-state index contributed by atoms with van der Waals surface area (Å²) in [7, 11) is -4.68. The Balaban J connectivity index is 1.10. The summed E-state index contributed by atoms with van der Waals surface area (Å²) < 4.78 is 46.5. The molecule has 22 heteroatoms. The molecule has 5 aromatic rings. The summed E-state index contributed by atoms with van der Waals surface area (Å²) in [5.41, 5.74) is 6.80. The van der Waals surface area contributed by atoms with Crippen LogP contribution in [0.5, 0.6) is 0 Å². The summed E-state index contributed by atoms with van der Waals surface area (Å²) in [6, 6.07) is -0.368. The number of nitrogens with one attached hydrogen (secondary N) is 1. The third-order valence-electron chi connectivity index (χ3n) is 8.46. The number of anilines is 1. The number of fused-ring (bicyclic) bond motifs is 6. The van der Waals surface area contributed by atoms with Crippen LogP contribution in [0.15, 0.2) is 48.5 Å². The molecule has 19 nitrogen and oxygen atoms in total. The molecule has 3 aliphatic rings. The van der Waals surface area contributed by atoms with Gasteiger partial charge in [-0.15, -0.1) is 0 Å². The Kier molecular flexibility index (Phi) is 6.95. The number of imidazole rings is 3. The number of H-pyrrole nitrogens is 1. The number of ether oxygens (including phenoxy) is 1. The summed E-state index contributed by atoms with van der Waals surface area (Å²) >= 11 is 5.42. The van der Waals surface area contributed by atoms with Gasteiger partial charge >= 0.3 is 14.5 Å². The van der Waals surface area contributed by atoms with Crippen LogP contribution in [0.3, 0.4) is 0 Å². The first-order valence-electron chi connectivity index (χ1n) is 14.0. The molecule has 3 fully saturated rings. The zero-order valence-electron chi connectivity index (χ0n) is 23.6. The molecule has 5 aromatic heterocycles. The van der Waals surface area contributed by atoms with Crippen molar-refractivity contribution in [3.8, 4) is 0 Å². The van der Waals surface area contributed by atoms with Gasteiger partial charge in [-0.25, -0.2) is 33.9 Å². The molecular weight excluding hydrogens is 666 g/mol. The van der Waals surface area contributed by atoms with E-state index in [9.17, 15) is 19.1 Å². The zero-order valence-corrected chi connectivity index (χ0v) is 26.2. The second-order valence-electron chi connectivity index (χ2n) is 11.2. The minimum Gasteiger partial charge on any atom is -0.409 e. The van der Waals surface area contributed by atoms with E-state index in [0.29, 0.717) is 17.6 Å². The first-order valence-corrected chi connectivity index (χ1v) is 18.1. The first kappa shape index (κ1) is 29.8. The van der Waals surface area contributed by atoms with Crippen LogP contribution in [-0.2, 0) is 39.2 Å². The van der Waals surface area contributed by atoms with E-state index in [1.807, 2.05) is 0 Å². The number of phosphoric ester groups is 1. The van der Waals surface area contributed by atoms with Crippen molar-refractivity contribution < 1.29 is 37.2 Å². The highest BCUT2D eigenvalue weighted by atomic mass is 32.5. The average molecular weight is 693 g/mol. The van der Waals surface area contributed by atoms with E-state index in [4.69, 9.17) is 40.4 Å². The molecule has 0 aromatic carbocycles. The molecule has 1 aliphatic carbocycles. The quantitative estimate of drug-likeness (QED) is 0.192. The maximum atomic E-state index is 13.1. The highest BCUT2D eigenvalue weighted by molar-refractivity contribution is 8.07. The predicted molar refractivity (Wildman–Crippen MR) is 161 cm³/mol. The van der Waals surface area contributed by atoms with Crippen molar-refractivity contribution in [2.45, 2.75) is 37.3 Å². The van der Waals surface area contributed by atoms with Crippen molar-refractivity contribution in [3.63, 3.8) is 0 Å².